The summed E-state index contributed by atoms with van der Waals surface area (Å²) in [6, 6.07) is 15.7. The van der Waals surface area contributed by atoms with Crippen LogP contribution in [0.1, 0.15) is 0 Å². The topological polar surface area (TPSA) is 54.5 Å². The maximum Gasteiger partial charge on any atom is 0.236 e. The molecule has 1 atom stereocenters. The van der Waals surface area contributed by atoms with E-state index in [4.69, 9.17) is 14.2 Å². The molecule has 1 fully saturated rings. The van der Waals surface area contributed by atoms with Crippen LogP contribution >= 0.6 is 0 Å². The Morgan fingerprint density at radius 1 is 1.07 bits per heavy atom. The number of hydrogen-bond donors (Lipinski definition) is 0. The number of rotatable bonds is 6. The smallest absolute Gasteiger partial charge is 0.236 e. The number of anilines is 1. The minimum atomic E-state index is -0.156. The number of benzene rings is 2. The Balaban J connectivity index is 1.25. The van der Waals surface area contributed by atoms with Crippen molar-refractivity contribution in [3.05, 3.63) is 48.5 Å². The lowest BCUT2D eigenvalue weighted by atomic mass is 10.2. The van der Waals surface area contributed by atoms with E-state index in [0.29, 0.717) is 19.7 Å². The minimum Gasteiger partial charge on any atom is -0.495 e. The van der Waals surface area contributed by atoms with Crippen molar-refractivity contribution in [2.45, 2.75) is 6.10 Å². The molecular formula is C23H29N3O4. The Morgan fingerprint density at radius 2 is 1.77 bits per heavy atom. The molecule has 1 saturated heterocycles. The van der Waals surface area contributed by atoms with E-state index in [9.17, 15) is 4.79 Å². The van der Waals surface area contributed by atoms with Crippen LogP contribution in [-0.2, 0) is 4.79 Å². The van der Waals surface area contributed by atoms with Crippen LogP contribution in [0.5, 0.6) is 17.2 Å². The fourth-order valence-corrected chi connectivity index (χ4v) is 3.91. The van der Waals surface area contributed by atoms with E-state index in [-0.39, 0.29) is 12.0 Å². The summed E-state index contributed by atoms with van der Waals surface area (Å²) < 4.78 is 17.2. The van der Waals surface area contributed by atoms with E-state index in [0.717, 1.165) is 49.1 Å². The second-order valence-electron chi connectivity index (χ2n) is 7.71. The van der Waals surface area contributed by atoms with Gasteiger partial charge in [0.2, 0.25) is 5.91 Å². The molecule has 160 valence electrons. The number of hydrogen-bond acceptors (Lipinski definition) is 6. The summed E-state index contributed by atoms with van der Waals surface area (Å²) >= 11 is 0. The van der Waals surface area contributed by atoms with Gasteiger partial charge in [-0.05, 0) is 24.3 Å². The molecule has 0 N–H and O–H groups in total. The van der Waals surface area contributed by atoms with Crippen molar-refractivity contribution in [1.29, 1.82) is 0 Å². The van der Waals surface area contributed by atoms with Gasteiger partial charge >= 0.3 is 0 Å². The third kappa shape index (κ3) is 4.62. The number of fused-ring (bicyclic) bond motifs is 1. The van der Waals surface area contributed by atoms with Gasteiger partial charge in [0.15, 0.2) is 17.6 Å². The van der Waals surface area contributed by atoms with Crippen molar-refractivity contribution in [2.24, 2.45) is 0 Å². The first-order valence-electron chi connectivity index (χ1n) is 10.4. The fourth-order valence-electron chi connectivity index (χ4n) is 3.91. The summed E-state index contributed by atoms with van der Waals surface area (Å²) in [6.45, 7) is 4.80. The van der Waals surface area contributed by atoms with Crippen molar-refractivity contribution >= 4 is 11.6 Å². The molecule has 1 amide bonds. The third-order valence-electron chi connectivity index (χ3n) is 5.63. The summed E-state index contributed by atoms with van der Waals surface area (Å²) in [6.07, 6.45) is -0.156. The highest BCUT2D eigenvalue weighted by Gasteiger charge is 2.26. The Kier molecular flexibility index (Phi) is 6.28. The zero-order valence-corrected chi connectivity index (χ0v) is 17.6. The number of ether oxygens (including phenoxy) is 3. The van der Waals surface area contributed by atoms with Gasteiger partial charge in [-0.1, -0.05) is 24.3 Å². The third-order valence-corrected chi connectivity index (χ3v) is 5.63. The minimum absolute atomic E-state index is 0.100. The van der Waals surface area contributed by atoms with Crippen LogP contribution in [0.2, 0.25) is 0 Å². The molecule has 0 spiro atoms. The predicted molar refractivity (Wildman–Crippen MR) is 116 cm³/mol. The highest BCUT2D eigenvalue weighted by Crippen LogP contribution is 2.31. The average Bonchev–Trinajstić information content (AvgIpc) is 2.79. The largest absolute Gasteiger partial charge is 0.495 e. The molecule has 2 aromatic carbocycles. The van der Waals surface area contributed by atoms with Crippen LogP contribution in [0.25, 0.3) is 0 Å². The molecule has 0 bridgehead atoms. The molecule has 2 aliphatic heterocycles. The second kappa shape index (κ2) is 9.26. The first-order chi connectivity index (χ1) is 14.6. The number of carbonyl (C=O) groups is 1. The molecule has 2 heterocycles. The lowest BCUT2D eigenvalue weighted by Gasteiger charge is -2.37. The summed E-state index contributed by atoms with van der Waals surface area (Å²) in [7, 11) is 3.53. The normalized spacial score (nSPS) is 18.7. The number of likely N-dealkylation sites (N-methyl/N-ethyl adjacent to an activating group) is 1. The van der Waals surface area contributed by atoms with Gasteiger partial charge < -0.3 is 24.0 Å². The van der Waals surface area contributed by atoms with Crippen LogP contribution in [0.3, 0.4) is 0 Å². The lowest BCUT2D eigenvalue weighted by molar-refractivity contribution is -0.132. The zero-order valence-electron chi connectivity index (χ0n) is 17.6. The monoisotopic (exact) mass is 411 g/mol. The first kappa shape index (κ1) is 20.3. The maximum atomic E-state index is 12.7. The van der Waals surface area contributed by atoms with E-state index < -0.39 is 0 Å². The van der Waals surface area contributed by atoms with Crippen molar-refractivity contribution in [1.82, 2.24) is 9.80 Å². The predicted octanol–water partition coefficient (Wildman–Crippen LogP) is 2.12. The molecule has 2 aliphatic rings. The lowest BCUT2D eigenvalue weighted by Crippen LogP contribution is -2.51. The molecule has 0 aromatic heterocycles. The number of methoxy groups -OCH3 is 1. The standard InChI is InChI=1S/C23H29N3O4/c1-24(15-18-17-29-21-9-5-6-10-22(21)30-18)23(27)16-25-11-13-26(14-12-25)19-7-3-4-8-20(19)28-2/h3-10,18H,11-17H2,1-2H3/t18-/m1/s1. The highest BCUT2D eigenvalue weighted by atomic mass is 16.6. The molecule has 0 radical (unpaired) electrons. The molecule has 30 heavy (non-hydrogen) atoms. The molecular weight excluding hydrogens is 382 g/mol. The van der Waals surface area contributed by atoms with Gasteiger partial charge in [-0.3, -0.25) is 9.69 Å². The second-order valence-corrected chi connectivity index (χ2v) is 7.71. The Hall–Kier alpha value is -2.93. The summed E-state index contributed by atoms with van der Waals surface area (Å²) in [5, 5.41) is 0. The van der Waals surface area contributed by atoms with E-state index >= 15 is 0 Å². The zero-order chi connectivity index (χ0) is 20.9. The first-order valence-corrected chi connectivity index (χ1v) is 10.4. The van der Waals surface area contributed by atoms with Crippen LogP contribution in [0.4, 0.5) is 5.69 Å². The fraction of sp³-hybridized carbons (Fsp3) is 0.435. The van der Waals surface area contributed by atoms with Crippen molar-refractivity contribution in [3.8, 4) is 17.2 Å². The van der Waals surface area contributed by atoms with Crippen LogP contribution in [-0.4, -0.2) is 81.8 Å². The number of carbonyl (C=O) groups excluding carboxylic acids is 1. The van der Waals surface area contributed by atoms with E-state index in [1.165, 1.54) is 0 Å². The van der Waals surface area contributed by atoms with Gasteiger partial charge in [0, 0.05) is 33.2 Å². The van der Waals surface area contributed by atoms with Gasteiger partial charge in [-0.25, -0.2) is 0 Å². The number of para-hydroxylation sites is 4. The molecule has 0 saturated carbocycles. The SMILES string of the molecule is COc1ccccc1N1CCN(CC(=O)N(C)C[C@@H]2COc3ccccc3O2)CC1. The molecule has 7 heteroatoms. The van der Waals surface area contributed by atoms with Crippen LogP contribution in [0.15, 0.2) is 48.5 Å². The molecule has 0 aliphatic carbocycles. The van der Waals surface area contributed by atoms with Gasteiger partial charge in [-0.15, -0.1) is 0 Å². The van der Waals surface area contributed by atoms with Crippen LogP contribution in [0, 0.1) is 0 Å². The number of amides is 1. The van der Waals surface area contributed by atoms with Crippen molar-refractivity contribution in [2.75, 3.05) is 64.9 Å². The highest BCUT2D eigenvalue weighted by molar-refractivity contribution is 5.78. The molecule has 2 aromatic rings. The molecule has 4 rings (SSSR count). The van der Waals surface area contributed by atoms with Gasteiger partial charge in [0.25, 0.3) is 0 Å². The van der Waals surface area contributed by atoms with Crippen molar-refractivity contribution in [3.63, 3.8) is 0 Å². The number of piperazine rings is 1. The van der Waals surface area contributed by atoms with E-state index in [1.807, 2.05) is 49.5 Å². The maximum absolute atomic E-state index is 12.7. The Morgan fingerprint density at radius 3 is 2.53 bits per heavy atom. The summed E-state index contributed by atoms with van der Waals surface area (Å²) in [5.74, 6) is 2.49. The van der Waals surface area contributed by atoms with Gasteiger partial charge in [0.05, 0.1) is 25.9 Å². The van der Waals surface area contributed by atoms with Crippen LogP contribution < -0.4 is 19.1 Å². The molecule has 0 unspecified atom stereocenters. The average molecular weight is 412 g/mol. The Bertz CT molecular complexity index is 867. The Labute approximate surface area is 177 Å². The number of nitrogens with zero attached hydrogens (tertiary/aromatic N) is 3. The van der Waals surface area contributed by atoms with Gasteiger partial charge in [-0.2, -0.15) is 0 Å². The van der Waals surface area contributed by atoms with E-state index in [1.54, 1.807) is 12.0 Å². The summed E-state index contributed by atoms with van der Waals surface area (Å²) in [4.78, 5) is 19.0. The van der Waals surface area contributed by atoms with E-state index in [2.05, 4.69) is 15.9 Å². The van der Waals surface area contributed by atoms with Crippen molar-refractivity contribution < 1.29 is 19.0 Å². The summed E-state index contributed by atoms with van der Waals surface area (Å²) in [5.41, 5.74) is 1.11. The molecule has 7 nitrogen and oxygen atoms in total. The van der Waals surface area contributed by atoms with Gasteiger partial charge in [0.1, 0.15) is 12.4 Å². The quantitative estimate of drug-likeness (QED) is 0.726.